The van der Waals surface area contributed by atoms with Gasteiger partial charge in [0.25, 0.3) is 5.91 Å². The van der Waals surface area contributed by atoms with E-state index in [1.807, 2.05) is 30.3 Å². The van der Waals surface area contributed by atoms with E-state index in [1.54, 1.807) is 0 Å². The molecular formula is C20H19F3N2O3S. The molecule has 1 heterocycles. The van der Waals surface area contributed by atoms with Crippen LogP contribution in [0.4, 0.5) is 24.5 Å². The summed E-state index contributed by atoms with van der Waals surface area (Å²) in [5, 5.41) is 4.75. The lowest BCUT2D eigenvalue weighted by Gasteiger charge is -2.16. The lowest BCUT2D eigenvalue weighted by molar-refractivity contribution is -0.137. The van der Waals surface area contributed by atoms with Gasteiger partial charge in [0.05, 0.1) is 17.0 Å². The third kappa shape index (κ3) is 5.98. The van der Waals surface area contributed by atoms with Gasteiger partial charge in [-0.2, -0.15) is 13.2 Å². The van der Waals surface area contributed by atoms with E-state index in [9.17, 15) is 22.8 Å². The van der Waals surface area contributed by atoms with Crippen molar-refractivity contribution in [1.29, 1.82) is 0 Å². The van der Waals surface area contributed by atoms with Gasteiger partial charge in [-0.25, -0.2) is 0 Å². The number of hydrogen-bond acceptors (Lipinski definition) is 4. The molecule has 1 fully saturated rings. The number of benzene rings is 2. The molecule has 0 saturated carbocycles. The molecule has 3 rings (SSSR count). The molecule has 1 unspecified atom stereocenters. The smallest absolute Gasteiger partial charge is 0.368 e. The van der Waals surface area contributed by atoms with Crippen LogP contribution in [0.3, 0.4) is 0 Å². The van der Waals surface area contributed by atoms with Crippen molar-refractivity contribution < 1.29 is 27.5 Å². The first-order chi connectivity index (χ1) is 13.8. The molecule has 29 heavy (non-hydrogen) atoms. The summed E-state index contributed by atoms with van der Waals surface area (Å²) in [7, 11) is 0. The van der Waals surface area contributed by atoms with Gasteiger partial charge in [-0.1, -0.05) is 18.2 Å². The molecule has 5 nitrogen and oxygen atoms in total. The maximum Gasteiger partial charge on any atom is 0.418 e. The predicted molar refractivity (Wildman–Crippen MR) is 105 cm³/mol. The van der Waals surface area contributed by atoms with Crippen LogP contribution >= 0.6 is 11.8 Å². The molecule has 2 aromatic carbocycles. The highest BCUT2D eigenvalue weighted by Gasteiger charge is 2.34. The number of rotatable bonds is 6. The van der Waals surface area contributed by atoms with E-state index in [2.05, 4.69) is 10.6 Å². The molecule has 1 atom stereocenters. The van der Waals surface area contributed by atoms with Crippen molar-refractivity contribution in [2.45, 2.75) is 30.0 Å². The van der Waals surface area contributed by atoms with E-state index in [0.717, 1.165) is 23.4 Å². The largest absolute Gasteiger partial charge is 0.418 e. The minimum Gasteiger partial charge on any atom is -0.368 e. The lowest BCUT2D eigenvalue weighted by Crippen LogP contribution is -2.27. The Labute approximate surface area is 170 Å². The highest BCUT2D eigenvalue weighted by Crippen LogP contribution is 2.37. The zero-order chi connectivity index (χ0) is 20.9. The minimum atomic E-state index is -4.69. The van der Waals surface area contributed by atoms with Gasteiger partial charge in [0.2, 0.25) is 5.91 Å². The first-order valence-electron chi connectivity index (χ1n) is 8.94. The Hall–Kier alpha value is -2.52. The van der Waals surface area contributed by atoms with Gasteiger partial charge in [-0.05, 0) is 43.2 Å². The number of alkyl halides is 3. The fourth-order valence-electron chi connectivity index (χ4n) is 2.82. The van der Waals surface area contributed by atoms with Crippen LogP contribution < -0.4 is 10.6 Å². The van der Waals surface area contributed by atoms with Gasteiger partial charge >= 0.3 is 6.18 Å². The number of thioether (sulfide) groups is 1. The van der Waals surface area contributed by atoms with Crippen LogP contribution in [0.5, 0.6) is 0 Å². The summed E-state index contributed by atoms with van der Waals surface area (Å²) < 4.78 is 45.7. The van der Waals surface area contributed by atoms with Gasteiger partial charge < -0.3 is 15.4 Å². The normalized spacial score (nSPS) is 16.4. The SMILES string of the molecule is O=C(CSc1ccccc1)Nc1ccc(NC(=O)C2CCCO2)cc1C(F)(F)F. The first-order valence-corrected chi connectivity index (χ1v) is 9.93. The summed E-state index contributed by atoms with van der Waals surface area (Å²) in [6.07, 6.45) is -4.08. The highest BCUT2D eigenvalue weighted by molar-refractivity contribution is 8.00. The molecular weight excluding hydrogens is 405 g/mol. The molecule has 0 aliphatic carbocycles. The summed E-state index contributed by atoms with van der Waals surface area (Å²) >= 11 is 1.22. The Kier molecular flexibility index (Phi) is 6.81. The van der Waals surface area contributed by atoms with Crippen LogP contribution in [0.25, 0.3) is 0 Å². The number of carbonyl (C=O) groups excluding carboxylic acids is 2. The number of anilines is 2. The topological polar surface area (TPSA) is 67.4 Å². The number of nitrogens with one attached hydrogen (secondary N) is 2. The van der Waals surface area contributed by atoms with Crippen LogP contribution in [-0.4, -0.2) is 30.3 Å². The average Bonchev–Trinajstić information content (AvgIpc) is 3.22. The molecule has 0 spiro atoms. The monoisotopic (exact) mass is 424 g/mol. The second kappa shape index (κ2) is 9.32. The number of amides is 2. The van der Waals surface area contributed by atoms with Crippen molar-refractivity contribution in [1.82, 2.24) is 0 Å². The maximum absolute atomic E-state index is 13.5. The van der Waals surface area contributed by atoms with Gasteiger partial charge in [0, 0.05) is 17.2 Å². The van der Waals surface area contributed by atoms with Crippen molar-refractivity contribution in [3.63, 3.8) is 0 Å². The summed E-state index contributed by atoms with van der Waals surface area (Å²) in [4.78, 5) is 25.0. The van der Waals surface area contributed by atoms with Crippen LogP contribution in [-0.2, 0) is 20.5 Å². The third-order valence-electron chi connectivity index (χ3n) is 4.20. The maximum atomic E-state index is 13.5. The summed E-state index contributed by atoms with van der Waals surface area (Å²) in [6, 6.07) is 12.3. The molecule has 154 valence electrons. The van der Waals surface area contributed by atoms with Crippen molar-refractivity contribution in [3.8, 4) is 0 Å². The zero-order valence-electron chi connectivity index (χ0n) is 15.3. The number of ether oxygens (including phenoxy) is 1. The Morgan fingerprint density at radius 3 is 2.52 bits per heavy atom. The first kappa shape index (κ1) is 21.2. The van der Waals surface area contributed by atoms with Crippen LogP contribution in [0.15, 0.2) is 53.4 Å². The number of hydrogen-bond donors (Lipinski definition) is 2. The van der Waals surface area contributed by atoms with Crippen LogP contribution in [0.1, 0.15) is 18.4 Å². The lowest BCUT2D eigenvalue weighted by atomic mass is 10.1. The fourth-order valence-corrected chi connectivity index (χ4v) is 3.54. The molecule has 0 radical (unpaired) electrons. The van der Waals surface area contributed by atoms with E-state index >= 15 is 0 Å². The molecule has 2 N–H and O–H groups in total. The Morgan fingerprint density at radius 1 is 1.10 bits per heavy atom. The van der Waals surface area contributed by atoms with Gasteiger partial charge in [-0.15, -0.1) is 11.8 Å². The van der Waals surface area contributed by atoms with E-state index in [-0.39, 0.29) is 17.1 Å². The quantitative estimate of drug-likeness (QED) is 0.668. The highest BCUT2D eigenvalue weighted by atomic mass is 32.2. The van der Waals surface area contributed by atoms with Crippen LogP contribution in [0, 0.1) is 0 Å². The van der Waals surface area contributed by atoms with E-state index < -0.39 is 29.7 Å². The number of carbonyl (C=O) groups is 2. The van der Waals surface area contributed by atoms with Gasteiger partial charge in [0.15, 0.2) is 0 Å². The van der Waals surface area contributed by atoms with E-state index in [0.29, 0.717) is 13.0 Å². The Bertz CT molecular complexity index is 869. The predicted octanol–water partition coefficient (Wildman–Crippen LogP) is 4.55. The molecule has 0 bridgehead atoms. The van der Waals surface area contributed by atoms with Crippen molar-refractivity contribution in [3.05, 3.63) is 54.1 Å². The zero-order valence-corrected chi connectivity index (χ0v) is 16.1. The van der Waals surface area contributed by atoms with Crippen molar-refractivity contribution >= 4 is 35.0 Å². The van der Waals surface area contributed by atoms with Gasteiger partial charge in [-0.3, -0.25) is 9.59 Å². The van der Waals surface area contributed by atoms with E-state index in [1.165, 1.54) is 17.8 Å². The third-order valence-corrected chi connectivity index (χ3v) is 5.21. The molecule has 1 aliphatic heterocycles. The molecule has 1 saturated heterocycles. The second-order valence-electron chi connectivity index (χ2n) is 6.40. The van der Waals surface area contributed by atoms with Crippen molar-refractivity contribution in [2.24, 2.45) is 0 Å². The Balaban J connectivity index is 1.68. The molecule has 2 amide bonds. The van der Waals surface area contributed by atoms with Crippen LogP contribution in [0.2, 0.25) is 0 Å². The number of halogens is 3. The molecule has 2 aromatic rings. The summed E-state index contributed by atoms with van der Waals surface area (Å²) in [6.45, 7) is 0.456. The van der Waals surface area contributed by atoms with E-state index in [4.69, 9.17) is 4.74 Å². The standard InChI is InChI=1S/C20H19F3N2O3S/c21-20(22,23)15-11-13(24-19(27)17-7-4-10-28-17)8-9-16(15)25-18(26)12-29-14-5-2-1-3-6-14/h1-3,5-6,8-9,11,17H,4,7,10,12H2,(H,24,27)(H,25,26). The second-order valence-corrected chi connectivity index (χ2v) is 7.45. The Morgan fingerprint density at radius 2 is 1.86 bits per heavy atom. The average molecular weight is 424 g/mol. The van der Waals surface area contributed by atoms with Crippen molar-refractivity contribution in [2.75, 3.05) is 23.0 Å². The molecule has 9 heteroatoms. The molecule has 1 aliphatic rings. The molecule has 0 aromatic heterocycles. The minimum absolute atomic E-state index is 0.00511. The summed E-state index contributed by atoms with van der Waals surface area (Å²) in [5.74, 6) is -1.06. The fraction of sp³-hybridized carbons (Fsp3) is 0.300. The summed E-state index contributed by atoms with van der Waals surface area (Å²) in [5.41, 5.74) is -1.39. The van der Waals surface area contributed by atoms with Gasteiger partial charge in [0.1, 0.15) is 6.10 Å².